The lowest BCUT2D eigenvalue weighted by Gasteiger charge is -2.26. The van der Waals surface area contributed by atoms with Crippen molar-refractivity contribution in [1.29, 1.82) is 0 Å². The molecular formula is C12H18N2O4. The molecule has 1 unspecified atom stereocenters. The van der Waals surface area contributed by atoms with Gasteiger partial charge in [-0.1, -0.05) is 18.5 Å². The molecule has 0 bridgehead atoms. The van der Waals surface area contributed by atoms with Gasteiger partial charge in [-0.05, 0) is 20.3 Å². The van der Waals surface area contributed by atoms with Gasteiger partial charge in [0.25, 0.3) is 5.91 Å². The summed E-state index contributed by atoms with van der Waals surface area (Å²) in [6.45, 7) is 5.27. The molecule has 1 atom stereocenters. The van der Waals surface area contributed by atoms with Crippen LogP contribution in [0.4, 0.5) is 0 Å². The number of esters is 1. The van der Waals surface area contributed by atoms with Crippen LogP contribution in [0, 0.1) is 6.92 Å². The van der Waals surface area contributed by atoms with Crippen LogP contribution in [0.3, 0.4) is 0 Å². The van der Waals surface area contributed by atoms with Crippen molar-refractivity contribution < 1.29 is 18.8 Å². The maximum atomic E-state index is 11.9. The highest BCUT2D eigenvalue weighted by Gasteiger charge is 2.36. The van der Waals surface area contributed by atoms with Gasteiger partial charge in [-0.3, -0.25) is 4.79 Å². The van der Waals surface area contributed by atoms with E-state index in [4.69, 9.17) is 9.26 Å². The van der Waals surface area contributed by atoms with E-state index in [1.54, 1.807) is 13.8 Å². The summed E-state index contributed by atoms with van der Waals surface area (Å²) in [6.07, 6.45) is 1.22. The molecule has 0 saturated carbocycles. The van der Waals surface area contributed by atoms with Gasteiger partial charge in [0.15, 0.2) is 0 Å². The summed E-state index contributed by atoms with van der Waals surface area (Å²) in [7, 11) is 1.29. The molecule has 0 radical (unpaired) electrons. The number of carbonyl (C=O) groups is 2. The van der Waals surface area contributed by atoms with Crippen molar-refractivity contribution in [2.45, 2.75) is 39.2 Å². The van der Waals surface area contributed by atoms with Crippen molar-refractivity contribution in [3.05, 3.63) is 17.5 Å². The van der Waals surface area contributed by atoms with Crippen LogP contribution in [0.1, 0.15) is 42.9 Å². The van der Waals surface area contributed by atoms with Crippen LogP contribution in [0.5, 0.6) is 0 Å². The van der Waals surface area contributed by atoms with Crippen molar-refractivity contribution in [1.82, 2.24) is 10.5 Å². The first-order valence-corrected chi connectivity index (χ1v) is 5.77. The van der Waals surface area contributed by atoms with Crippen molar-refractivity contribution in [3.63, 3.8) is 0 Å². The third kappa shape index (κ3) is 3.09. The minimum Gasteiger partial charge on any atom is -0.467 e. The summed E-state index contributed by atoms with van der Waals surface area (Å²) in [5.41, 5.74) is -0.447. The Morgan fingerprint density at radius 1 is 1.56 bits per heavy atom. The van der Waals surface area contributed by atoms with Gasteiger partial charge in [0.2, 0.25) is 5.76 Å². The van der Waals surface area contributed by atoms with E-state index in [2.05, 4.69) is 10.5 Å². The summed E-state index contributed by atoms with van der Waals surface area (Å²) >= 11 is 0. The molecule has 6 heteroatoms. The standard InChI is InChI=1S/C12H18N2O4/c1-5-6-12(3,11(16)17-4)13-10(15)9-7-8(2)14-18-9/h7H,5-6H2,1-4H3,(H,13,15). The number of methoxy groups -OCH3 is 1. The second kappa shape index (κ2) is 5.66. The lowest BCUT2D eigenvalue weighted by atomic mass is 9.96. The zero-order valence-electron chi connectivity index (χ0n) is 11.1. The number of amides is 1. The fourth-order valence-electron chi connectivity index (χ4n) is 1.72. The molecule has 1 N–H and O–H groups in total. The number of aryl methyl sites for hydroxylation is 1. The third-order valence-corrected chi connectivity index (χ3v) is 2.63. The summed E-state index contributed by atoms with van der Waals surface area (Å²) in [4.78, 5) is 23.6. The van der Waals surface area contributed by atoms with E-state index < -0.39 is 17.4 Å². The Morgan fingerprint density at radius 3 is 2.67 bits per heavy atom. The number of carbonyl (C=O) groups excluding carboxylic acids is 2. The molecule has 1 aromatic heterocycles. The molecule has 0 fully saturated rings. The zero-order valence-corrected chi connectivity index (χ0v) is 11.1. The largest absolute Gasteiger partial charge is 0.467 e. The highest BCUT2D eigenvalue weighted by molar-refractivity contribution is 5.95. The van der Waals surface area contributed by atoms with Gasteiger partial charge in [-0.15, -0.1) is 0 Å². The van der Waals surface area contributed by atoms with Crippen molar-refractivity contribution in [2.24, 2.45) is 0 Å². The molecule has 0 aliphatic heterocycles. The Kier molecular flexibility index (Phi) is 4.47. The molecule has 1 amide bonds. The lowest BCUT2D eigenvalue weighted by Crippen LogP contribution is -2.52. The van der Waals surface area contributed by atoms with E-state index in [1.807, 2.05) is 6.92 Å². The van der Waals surface area contributed by atoms with Crippen LogP contribution < -0.4 is 5.32 Å². The number of ether oxygens (including phenoxy) is 1. The van der Waals surface area contributed by atoms with Gasteiger partial charge >= 0.3 is 5.97 Å². The first-order valence-electron chi connectivity index (χ1n) is 5.77. The molecule has 1 rings (SSSR count). The zero-order chi connectivity index (χ0) is 13.8. The van der Waals surface area contributed by atoms with Gasteiger partial charge in [0, 0.05) is 6.07 Å². The molecule has 100 valence electrons. The predicted octanol–water partition coefficient (Wildman–Crippen LogP) is 1.44. The molecule has 1 aromatic rings. The normalized spacial score (nSPS) is 13.8. The van der Waals surface area contributed by atoms with Crippen LogP contribution in [0.15, 0.2) is 10.6 Å². The Labute approximate surface area is 106 Å². The third-order valence-electron chi connectivity index (χ3n) is 2.63. The Hall–Kier alpha value is -1.85. The Bertz CT molecular complexity index is 441. The Balaban J connectivity index is 2.84. The van der Waals surface area contributed by atoms with Gasteiger partial charge < -0.3 is 14.6 Å². The number of hydrogen-bond donors (Lipinski definition) is 1. The maximum Gasteiger partial charge on any atom is 0.331 e. The van der Waals surface area contributed by atoms with E-state index >= 15 is 0 Å². The molecule has 0 aliphatic carbocycles. The number of nitrogens with one attached hydrogen (secondary N) is 1. The number of aromatic nitrogens is 1. The summed E-state index contributed by atoms with van der Waals surface area (Å²) in [5.74, 6) is -0.871. The van der Waals surface area contributed by atoms with Crippen molar-refractivity contribution in [3.8, 4) is 0 Å². The van der Waals surface area contributed by atoms with Gasteiger partial charge in [-0.25, -0.2) is 4.79 Å². The molecular weight excluding hydrogens is 236 g/mol. The molecule has 0 saturated heterocycles. The molecule has 0 aromatic carbocycles. The highest BCUT2D eigenvalue weighted by Crippen LogP contribution is 2.15. The first kappa shape index (κ1) is 14.2. The van der Waals surface area contributed by atoms with E-state index in [-0.39, 0.29) is 5.76 Å². The minimum absolute atomic E-state index is 0.0822. The second-order valence-electron chi connectivity index (χ2n) is 4.36. The topological polar surface area (TPSA) is 81.4 Å². The van der Waals surface area contributed by atoms with Gasteiger partial charge in [0.1, 0.15) is 5.54 Å². The maximum absolute atomic E-state index is 11.9. The smallest absolute Gasteiger partial charge is 0.331 e. The van der Waals surface area contributed by atoms with Crippen LogP contribution in [0.2, 0.25) is 0 Å². The van der Waals surface area contributed by atoms with Gasteiger partial charge in [-0.2, -0.15) is 0 Å². The average Bonchev–Trinajstić information content (AvgIpc) is 2.75. The van der Waals surface area contributed by atoms with E-state index in [0.29, 0.717) is 12.1 Å². The van der Waals surface area contributed by atoms with E-state index in [0.717, 1.165) is 6.42 Å². The molecule has 0 aliphatic rings. The van der Waals surface area contributed by atoms with Crippen LogP contribution in [0.25, 0.3) is 0 Å². The van der Waals surface area contributed by atoms with Crippen LogP contribution >= 0.6 is 0 Å². The molecule has 18 heavy (non-hydrogen) atoms. The van der Waals surface area contributed by atoms with Crippen LogP contribution in [-0.4, -0.2) is 29.7 Å². The van der Waals surface area contributed by atoms with Crippen molar-refractivity contribution >= 4 is 11.9 Å². The predicted molar refractivity (Wildman–Crippen MR) is 64.0 cm³/mol. The fourth-order valence-corrected chi connectivity index (χ4v) is 1.72. The fraction of sp³-hybridized carbons (Fsp3) is 0.583. The van der Waals surface area contributed by atoms with E-state index in [1.165, 1.54) is 13.2 Å². The SMILES string of the molecule is CCCC(C)(NC(=O)c1cc(C)no1)C(=O)OC. The Morgan fingerprint density at radius 2 is 2.22 bits per heavy atom. The second-order valence-corrected chi connectivity index (χ2v) is 4.36. The molecule has 0 spiro atoms. The quantitative estimate of drug-likeness (QED) is 0.804. The minimum atomic E-state index is -1.05. The van der Waals surface area contributed by atoms with Crippen molar-refractivity contribution in [2.75, 3.05) is 7.11 Å². The summed E-state index contributed by atoms with van der Waals surface area (Å²) in [5, 5.41) is 6.25. The number of nitrogens with zero attached hydrogens (tertiary/aromatic N) is 1. The molecule has 6 nitrogen and oxygen atoms in total. The monoisotopic (exact) mass is 254 g/mol. The number of hydrogen-bond acceptors (Lipinski definition) is 5. The summed E-state index contributed by atoms with van der Waals surface area (Å²) < 4.78 is 9.56. The van der Waals surface area contributed by atoms with Crippen LogP contribution in [-0.2, 0) is 9.53 Å². The van der Waals surface area contributed by atoms with E-state index in [9.17, 15) is 9.59 Å². The molecule has 1 heterocycles. The number of rotatable bonds is 5. The summed E-state index contributed by atoms with van der Waals surface area (Å²) in [6, 6.07) is 1.51. The highest BCUT2D eigenvalue weighted by atomic mass is 16.5. The first-order chi connectivity index (χ1) is 8.42. The average molecular weight is 254 g/mol. The lowest BCUT2D eigenvalue weighted by molar-refractivity contribution is -0.147. The van der Waals surface area contributed by atoms with Gasteiger partial charge in [0.05, 0.1) is 12.8 Å².